The van der Waals surface area contributed by atoms with Crippen molar-refractivity contribution in [3.8, 4) is 0 Å². The van der Waals surface area contributed by atoms with Crippen molar-refractivity contribution in [2.24, 2.45) is 0 Å². The summed E-state index contributed by atoms with van der Waals surface area (Å²) in [5, 5.41) is 7.76. The lowest BCUT2D eigenvalue weighted by Crippen LogP contribution is -2.70. The van der Waals surface area contributed by atoms with Crippen LogP contribution in [-0.2, 0) is 18.9 Å². The fourth-order valence-electron chi connectivity index (χ4n) is 3.75. The Balaban J connectivity index is 2.44. The molecule has 2 aliphatic rings. The van der Waals surface area contributed by atoms with Crippen molar-refractivity contribution in [1.29, 1.82) is 5.41 Å². The van der Waals surface area contributed by atoms with E-state index in [9.17, 15) is 4.79 Å². The SMILES string of the molecule is CO[C@H]1[C@H](OC(=N)C(Cl)(Cl)Cl)O[C@@H](C)[C@H]2N([Si](C)(C)C(C)(C)C)C(=O)O[C@@]12C. The Morgan fingerprint density at radius 1 is 1.29 bits per heavy atom. The zero-order valence-corrected chi connectivity index (χ0v) is 20.7. The molecule has 0 bridgehead atoms. The van der Waals surface area contributed by atoms with Crippen LogP contribution in [0, 0.1) is 5.41 Å². The minimum Gasteiger partial charge on any atom is -0.445 e. The summed E-state index contributed by atoms with van der Waals surface area (Å²) in [6.07, 6.45) is -2.74. The first-order chi connectivity index (χ1) is 12.5. The molecule has 2 heterocycles. The summed E-state index contributed by atoms with van der Waals surface area (Å²) in [6, 6.07) is -0.382. The minimum atomic E-state index is -2.28. The molecule has 2 fully saturated rings. The molecule has 0 saturated carbocycles. The highest BCUT2D eigenvalue weighted by Gasteiger charge is 2.67. The average Bonchev–Trinajstić information content (AvgIpc) is 2.77. The van der Waals surface area contributed by atoms with Gasteiger partial charge in [0.05, 0.1) is 12.1 Å². The molecule has 2 rings (SSSR count). The van der Waals surface area contributed by atoms with E-state index < -0.39 is 48.1 Å². The Kier molecular flexibility index (Phi) is 6.40. The van der Waals surface area contributed by atoms with Gasteiger partial charge in [-0.15, -0.1) is 0 Å². The van der Waals surface area contributed by atoms with Gasteiger partial charge in [0.1, 0.15) is 0 Å². The summed E-state index contributed by atoms with van der Waals surface area (Å²) in [5.74, 6) is -0.593. The minimum absolute atomic E-state index is 0.0928. The molecular formula is C17H29Cl3N2O5Si. The van der Waals surface area contributed by atoms with E-state index >= 15 is 0 Å². The third-order valence-corrected chi connectivity index (χ3v) is 12.0. The zero-order valence-electron chi connectivity index (χ0n) is 17.4. The average molecular weight is 476 g/mol. The van der Waals surface area contributed by atoms with Crippen LogP contribution in [0.1, 0.15) is 34.6 Å². The maximum atomic E-state index is 13.0. The number of halogens is 3. The van der Waals surface area contributed by atoms with Gasteiger partial charge in [-0.25, -0.2) is 4.79 Å². The van der Waals surface area contributed by atoms with Crippen LogP contribution in [0.2, 0.25) is 18.1 Å². The first kappa shape index (κ1) is 24.0. The lowest BCUT2D eigenvalue weighted by Gasteiger charge is -2.52. The molecule has 0 aromatic carbocycles. The van der Waals surface area contributed by atoms with E-state index in [-0.39, 0.29) is 11.1 Å². The van der Waals surface area contributed by atoms with Crippen molar-refractivity contribution < 1.29 is 23.7 Å². The van der Waals surface area contributed by atoms with Gasteiger partial charge < -0.3 is 23.5 Å². The molecule has 0 radical (unpaired) electrons. The molecule has 1 amide bonds. The molecule has 0 aromatic heterocycles. The van der Waals surface area contributed by atoms with Gasteiger partial charge in [-0.3, -0.25) is 5.41 Å². The Morgan fingerprint density at radius 3 is 2.25 bits per heavy atom. The highest BCUT2D eigenvalue weighted by molar-refractivity contribution is 6.79. The van der Waals surface area contributed by atoms with Gasteiger partial charge in [0, 0.05) is 7.11 Å². The molecule has 0 aliphatic carbocycles. The van der Waals surface area contributed by atoms with Crippen molar-refractivity contribution in [3.63, 3.8) is 0 Å². The Labute approximate surface area is 182 Å². The van der Waals surface area contributed by atoms with Crippen LogP contribution < -0.4 is 0 Å². The number of carbonyl (C=O) groups is 1. The predicted molar refractivity (Wildman–Crippen MR) is 112 cm³/mol. The van der Waals surface area contributed by atoms with Crippen LogP contribution >= 0.6 is 34.8 Å². The van der Waals surface area contributed by atoms with E-state index in [1.54, 1.807) is 6.92 Å². The molecule has 2 saturated heterocycles. The Morgan fingerprint density at radius 2 is 1.82 bits per heavy atom. The van der Waals surface area contributed by atoms with Gasteiger partial charge in [-0.2, -0.15) is 0 Å². The highest BCUT2D eigenvalue weighted by Crippen LogP contribution is 2.49. The number of hydrogen-bond acceptors (Lipinski definition) is 6. The van der Waals surface area contributed by atoms with Crippen LogP contribution in [-0.4, -0.2) is 65.8 Å². The Bertz CT molecular complexity index is 652. The maximum absolute atomic E-state index is 13.0. The van der Waals surface area contributed by atoms with E-state index in [2.05, 4.69) is 33.9 Å². The molecule has 0 aromatic rings. The number of carbonyl (C=O) groups excluding carboxylic acids is 1. The summed E-state index contributed by atoms with van der Waals surface area (Å²) < 4.78 is 22.8. The van der Waals surface area contributed by atoms with Gasteiger partial charge in [0.2, 0.25) is 12.2 Å². The summed E-state index contributed by atoms with van der Waals surface area (Å²) in [7, 11) is -0.819. The third-order valence-electron chi connectivity index (χ3n) is 6.16. The lowest BCUT2D eigenvalue weighted by molar-refractivity contribution is -0.273. The lowest BCUT2D eigenvalue weighted by atomic mass is 9.84. The molecule has 0 spiro atoms. The summed E-state index contributed by atoms with van der Waals surface area (Å²) in [4.78, 5) is 13.0. The zero-order chi connectivity index (χ0) is 21.9. The normalized spacial score (nSPS) is 34.1. The molecule has 11 heteroatoms. The fraction of sp³-hybridized carbons (Fsp3) is 0.882. The second-order valence-electron chi connectivity index (χ2n) is 8.99. The number of nitrogens with zero attached hydrogens (tertiary/aromatic N) is 1. The van der Waals surface area contributed by atoms with E-state index in [1.165, 1.54) is 7.11 Å². The van der Waals surface area contributed by atoms with Crippen molar-refractivity contribution in [2.75, 3.05) is 7.11 Å². The number of hydrogen-bond donors (Lipinski definition) is 1. The summed E-state index contributed by atoms with van der Waals surface area (Å²) in [6.45, 7) is 14.3. The number of fused-ring (bicyclic) bond motifs is 1. The van der Waals surface area contributed by atoms with Crippen LogP contribution in [0.3, 0.4) is 0 Å². The first-order valence-electron chi connectivity index (χ1n) is 9.01. The molecular weight excluding hydrogens is 447 g/mol. The molecule has 2 aliphatic heterocycles. The van der Waals surface area contributed by atoms with E-state index in [4.69, 9.17) is 59.2 Å². The number of nitrogens with one attached hydrogen (secondary N) is 1. The third kappa shape index (κ3) is 3.88. The topological polar surface area (TPSA) is 81.1 Å². The molecule has 0 unspecified atom stereocenters. The molecule has 5 atom stereocenters. The smallest absolute Gasteiger partial charge is 0.402 e. The standard InChI is InChI=1S/C17H29Cl3N2O5Si/c1-9-10-16(5,27-14(23)22(10)28(7,8)15(2,3)4)11(24-6)12(25-9)26-13(21)17(18,19)20/h9-12,21H,1-8H3/t9-,10+,11-,12-,16+/m0/s1. The number of alkyl halides is 3. The quantitative estimate of drug-likeness (QED) is 0.277. The number of methoxy groups -OCH3 is 1. The van der Waals surface area contributed by atoms with Gasteiger partial charge in [-0.05, 0) is 18.9 Å². The Hall–Kier alpha value is -0.253. The van der Waals surface area contributed by atoms with Crippen LogP contribution in [0.15, 0.2) is 0 Å². The largest absolute Gasteiger partial charge is 0.445 e. The number of ether oxygens (including phenoxy) is 4. The first-order valence-corrected chi connectivity index (χ1v) is 13.1. The molecule has 28 heavy (non-hydrogen) atoms. The fourth-order valence-corrected chi connectivity index (χ4v) is 6.27. The maximum Gasteiger partial charge on any atom is 0.402 e. The molecule has 162 valence electrons. The highest BCUT2D eigenvalue weighted by atomic mass is 35.6. The van der Waals surface area contributed by atoms with Gasteiger partial charge >= 0.3 is 6.09 Å². The summed E-state index contributed by atoms with van der Waals surface area (Å²) >= 11 is 17.2. The second-order valence-corrected chi connectivity index (χ2v) is 16.4. The van der Waals surface area contributed by atoms with Crippen molar-refractivity contribution in [3.05, 3.63) is 0 Å². The van der Waals surface area contributed by atoms with Crippen molar-refractivity contribution >= 4 is 55.0 Å². The molecule has 1 N–H and O–H groups in total. The predicted octanol–water partition coefficient (Wildman–Crippen LogP) is 4.69. The van der Waals surface area contributed by atoms with Crippen LogP contribution in [0.5, 0.6) is 0 Å². The van der Waals surface area contributed by atoms with E-state index in [0.717, 1.165) is 0 Å². The molecule has 7 nitrogen and oxygen atoms in total. The number of rotatable bonds is 3. The van der Waals surface area contributed by atoms with Gasteiger partial charge in [0.25, 0.3) is 3.79 Å². The second kappa shape index (κ2) is 7.46. The monoisotopic (exact) mass is 474 g/mol. The van der Waals surface area contributed by atoms with Crippen molar-refractivity contribution in [1.82, 2.24) is 4.57 Å². The number of amides is 1. The van der Waals surface area contributed by atoms with Crippen LogP contribution in [0.25, 0.3) is 0 Å². The van der Waals surface area contributed by atoms with Crippen LogP contribution in [0.4, 0.5) is 4.79 Å². The van der Waals surface area contributed by atoms with Gasteiger partial charge in [-0.1, -0.05) is 68.7 Å². The van der Waals surface area contributed by atoms with Gasteiger partial charge in [0.15, 0.2) is 19.9 Å². The summed E-state index contributed by atoms with van der Waals surface area (Å²) in [5.41, 5.74) is -1.06. The van der Waals surface area contributed by atoms with E-state index in [1.807, 2.05) is 11.5 Å². The van der Waals surface area contributed by atoms with E-state index in [0.29, 0.717) is 0 Å². The van der Waals surface area contributed by atoms with Crippen molar-refractivity contribution in [2.45, 2.75) is 86.7 Å².